The van der Waals surface area contributed by atoms with Gasteiger partial charge in [0, 0.05) is 0 Å². The van der Waals surface area contributed by atoms with Crippen molar-refractivity contribution in [1.82, 2.24) is 0 Å². The quantitative estimate of drug-likeness (QED) is 0.309. The summed E-state index contributed by atoms with van der Waals surface area (Å²) in [5.41, 5.74) is 0. The molecule has 0 aliphatic carbocycles. The Morgan fingerprint density at radius 1 is 1.12 bits per heavy atom. The molecule has 3 N–H and O–H groups in total. The molecule has 0 aromatic rings. The average molecular weight is 185 g/mol. The molecule has 0 bridgehead atoms. The van der Waals surface area contributed by atoms with Crippen LogP contribution in [0.3, 0.4) is 0 Å². The summed E-state index contributed by atoms with van der Waals surface area (Å²) in [5.74, 6) is 0. The first-order chi connectivity index (χ1) is 3.00. The summed E-state index contributed by atoms with van der Waals surface area (Å²) in [7, 11) is -4.64. The zero-order valence-electron chi connectivity index (χ0n) is 2.91. The first-order valence-electron chi connectivity index (χ1n) is 0.906. The summed E-state index contributed by atoms with van der Waals surface area (Å²) in [6.45, 7) is 0. The van der Waals surface area contributed by atoms with Gasteiger partial charge in [-0.1, -0.05) is 0 Å². The van der Waals surface area contributed by atoms with E-state index >= 15 is 0 Å². The molecule has 0 heterocycles. The summed E-state index contributed by atoms with van der Waals surface area (Å²) in [6, 6.07) is 0. The summed E-state index contributed by atoms with van der Waals surface area (Å²) >= 11 is 2.94. The fourth-order valence-corrected chi connectivity index (χ4v) is 0. The summed E-state index contributed by atoms with van der Waals surface area (Å²) in [5, 5.41) is 0. The predicted octanol–water partition coefficient (Wildman–Crippen LogP) is -1.70. The summed E-state index contributed by atoms with van der Waals surface area (Å²) in [6.07, 6.45) is 0. The summed E-state index contributed by atoms with van der Waals surface area (Å²) in [4.78, 5) is 21.6. The number of hydrogen-bond donors (Lipinski definition) is 3. The maximum absolute atomic E-state index is 8.88. The second-order valence-corrected chi connectivity index (χ2v) is 1.54. The Balaban J connectivity index is -0.0000000750. The zero-order valence-corrected chi connectivity index (χ0v) is 4.74. The second-order valence-electron chi connectivity index (χ2n) is 0.513. The molecule has 0 saturated carbocycles. The third-order valence-electron chi connectivity index (χ3n) is 0. The Bertz CT molecular complexity index is 68.2. The predicted molar refractivity (Wildman–Crippen MR) is 22.1 cm³/mol. The molecule has 0 amide bonds. The monoisotopic (exact) mass is 185 g/mol. The van der Waals surface area contributed by atoms with Gasteiger partial charge in [-0.05, 0) is 0 Å². The Labute approximate surface area is 65.9 Å². The van der Waals surface area contributed by atoms with E-state index in [1.165, 1.54) is 0 Å². The van der Waals surface area contributed by atoms with Crippen LogP contribution in [0.1, 0.15) is 0 Å². The van der Waals surface area contributed by atoms with Crippen LogP contribution in [0.25, 0.3) is 0 Å². The van der Waals surface area contributed by atoms with E-state index < -0.39 is 7.82 Å². The van der Waals surface area contributed by atoms with Crippen molar-refractivity contribution in [3.8, 4) is 0 Å². The third-order valence-corrected chi connectivity index (χ3v) is 0. The van der Waals surface area contributed by atoms with Gasteiger partial charge in [-0.2, -0.15) is 0 Å². The van der Waals surface area contributed by atoms with E-state index in [1.54, 1.807) is 0 Å². The van der Waals surface area contributed by atoms with Crippen molar-refractivity contribution in [2.45, 2.75) is 0 Å². The Hall–Kier alpha value is 1.03. The van der Waals surface area contributed by atoms with Crippen molar-refractivity contribution in [2.75, 3.05) is 0 Å². The second kappa shape index (κ2) is 8.03. The Morgan fingerprint density at radius 3 is 1.12 bits per heavy atom. The number of hydrogen-bond acceptors (Lipinski definition) is 2. The molecule has 0 aromatic heterocycles. The molecule has 0 rings (SSSR count). The van der Waals surface area contributed by atoms with E-state index in [0.717, 1.165) is 0 Å². The van der Waals surface area contributed by atoms with Crippen LogP contribution in [0, 0.1) is 0 Å². The molecule has 0 spiro atoms. The van der Waals surface area contributed by atoms with Crippen LogP contribution >= 0.6 is 7.82 Å². The number of rotatable bonds is 0. The van der Waals surface area contributed by atoms with Crippen molar-refractivity contribution < 1.29 is 39.0 Å². The van der Waals surface area contributed by atoms with Gasteiger partial charge >= 0.3 is 46.5 Å². The molecule has 0 fully saturated rings. The standard InChI is InChI=1S/Cu.Li.H3O4P.O.H/c;;1-5(2,3)4;;/h;;(H3,1,2,3,4);;. The maximum atomic E-state index is 8.88. The van der Waals surface area contributed by atoms with Gasteiger partial charge in [-0.3, -0.25) is 0 Å². The molecule has 0 atom stereocenters. The normalized spacial score (nSPS) is 8.12. The fourth-order valence-electron chi connectivity index (χ4n) is 0. The van der Waals surface area contributed by atoms with E-state index in [0.29, 0.717) is 0 Å². The van der Waals surface area contributed by atoms with Crippen LogP contribution in [0.5, 0.6) is 0 Å². The van der Waals surface area contributed by atoms with E-state index in [2.05, 4.69) is 15.9 Å². The van der Waals surface area contributed by atoms with Gasteiger partial charge in [0.2, 0.25) is 0 Å². The van der Waals surface area contributed by atoms with Crippen LogP contribution in [0.15, 0.2) is 0 Å². The van der Waals surface area contributed by atoms with Crippen molar-refractivity contribution in [3.63, 3.8) is 0 Å². The molecule has 0 saturated heterocycles. The molecule has 0 aromatic carbocycles. The molecule has 0 aliphatic rings. The molecule has 51 valence electrons. The zero-order chi connectivity index (χ0) is 6.50. The van der Waals surface area contributed by atoms with Crippen molar-refractivity contribution >= 4 is 26.7 Å². The average Bonchev–Trinajstić information content (AvgIpc) is 1.36. The van der Waals surface area contributed by atoms with E-state index in [4.69, 9.17) is 23.1 Å². The Kier molecular flexibility index (Phi) is 16.1. The molecule has 0 aliphatic heterocycles. The molecule has 8 heteroatoms. The van der Waals surface area contributed by atoms with Gasteiger partial charge in [0.15, 0.2) is 0 Å². The van der Waals surface area contributed by atoms with Gasteiger partial charge in [0.05, 0.1) is 0 Å². The molecular weight excluding hydrogens is 181 g/mol. The first-order valence-corrected chi connectivity index (χ1v) is 2.86. The molecule has 0 unspecified atom stereocenters. The fraction of sp³-hybridized carbons (Fsp3) is 0. The van der Waals surface area contributed by atoms with Gasteiger partial charge in [0.1, 0.15) is 0 Å². The molecule has 8 heavy (non-hydrogen) atoms. The van der Waals surface area contributed by atoms with Crippen molar-refractivity contribution in [3.05, 3.63) is 0 Å². The van der Waals surface area contributed by atoms with Crippen LogP contribution in [0.4, 0.5) is 0 Å². The van der Waals surface area contributed by atoms with Crippen molar-refractivity contribution in [2.24, 2.45) is 0 Å². The van der Waals surface area contributed by atoms with Gasteiger partial charge in [0.25, 0.3) is 0 Å². The van der Waals surface area contributed by atoms with Gasteiger partial charge < -0.3 is 14.7 Å². The van der Waals surface area contributed by atoms with Crippen LogP contribution in [-0.2, 0) is 24.3 Å². The van der Waals surface area contributed by atoms with Crippen LogP contribution in [0.2, 0.25) is 0 Å². The summed E-state index contributed by atoms with van der Waals surface area (Å²) < 4.78 is 16.7. The van der Waals surface area contributed by atoms with Crippen LogP contribution < -0.4 is 0 Å². The van der Waals surface area contributed by atoms with Gasteiger partial charge in [-0.25, -0.2) is 4.57 Å². The van der Waals surface area contributed by atoms with Gasteiger partial charge in [-0.15, -0.1) is 0 Å². The third kappa shape index (κ3) is 242. The molecule has 0 radical (unpaired) electrons. The van der Waals surface area contributed by atoms with E-state index in [9.17, 15) is 0 Å². The van der Waals surface area contributed by atoms with E-state index in [-0.39, 0.29) is 18.9 Å². The minimum atomic E-state index is -4.64. The molecular formula is H4CuLiO5P. The van der Waals surface area contributed by atoms with E-state index in [1.807, 2.05) is 0 Å². The minimum absolute atomic E-state index is 0. The molecule has 5 nitrogen and oxygen atoms in total. The van der Waals surface area contributed by atoms with Crippen molar-refractivity contribution in [1.29, 1.82) is 0 Å². The SMILES string of the molecule is O=P(O)(O)O.[LiH].[O]=[Cu]. The Morgan fingerprint density at radius 2 is 1.12 bits per heavy atom. The first kappa shape index (κ1) is 16.0. The van der Waals surface area contributed by atoms with Crippen LogP contribution in [-0.4, -0.2) is 33.5 Å². The number of phosphoric acid groups is 1. The topological polar surface area (TPSA) is 94.8 Å².